The summed E-state index contributed by atoms with van der Waals surface area (Å²) in [5.74, 6) is 0. The normalized spacial score (nSPS) is 14.8. The summed E-state index contributed by atoms with van der Waals surface area (Å²) in [7, 11) is 3.62. The van der Waals surface area contributed by atoms with E-state index < -0.39 is 6.10 Å². The lowest BCUT2D eigenvalue weighted by molar-refractivity contribution is 0.0376. The zero-order valence-corrected chi connectivity index (χ0v) is 11.2. The Morgan fingerprint density at radius 3 is 2.50 bits per heavy atom. The van der Waals surface area contributed by atoms with Gasteiger partial charge in [0.05, 0.1) is 12.7 Å². The van der Waals surface area contributed by atoms with Crippen molar-refractivity contribution in [3.8, 4) is 0 Å². The molecule has 4 heteroatoms. The van der Waals surface area contributed by atoms with Crippen LogP contribution in [0, 0.1) is 5.41 Å². The molecule has 0 fully saturated rings. The van der Waals surface area contributed by atoms with Gasteiger partial charge < -0.3 is 14.7 Å². The SMILES string of the molecule is COCC(O)CN(C)CC(C)(C)CBr. The molecular formula is C10H22BrNO2. The largest absolute Gasteiger partial charge is 0.389 e. The first-order valence-corrected chi connectivity index (χ1v) is 5.95. The smallest absolute Gasteiger partial charge is 0.0899 e. The van der Waals surface area contributed by atoms with Crippen LogP contribution in [0.2, 0.25) is 0 Å². The number of hydrogen-bond acceptors (Lipinski definition) is 3. The van der Waals surface area contributed by atoms with Crippen molar-refractivity contribution >= 4 is 15.9 Å². The molecule has 0 aliphatic heterocycles. The summed E-state index contributed by atoms with van der Waals surface area (Å²) >= 11 is 3.48. The van der Waals surface area contributed by atoms with Gasteiger partial charge in [-0.2, -0.15) is 0 Å². The maximum atomic E-state index is 9.51. The summed E-state index contributed by atoms with van der Waals surface area (Å²) in [5, 5.41) is 10.5. The van der Waals surface area contributed by atoms with Crippen LogP contribution in [0.25, 0.3) is 0 Å². The monoisotopic (exact) mass is 267 g/mol. The fourth-order valence-corrected chi connectivity index (χ4v) is 1.62. The van der Waals surface area contributed by atoms with Crippen molar-refractivity contribution in [2.45, 2.75) is 20.0 Å². The Bertz CT molecular complexity index is 153. The van der Waals surface area contributed by atoms with E-state index in [1.807, 2.05) is 7.05 Å². The number of aliphatic hydroxyl groups excluding tert-OH is 1. The molecule has 0 aliphatic rings. The minimum absolute atomic E-state index is 0.238. The van der Waals surface area contributed by atoms with Gasteiger partial charge in [-0.15, -0.1) is 0 Å². The second kappa shape index (κ2) is 6.77. The Hall–Kier alpha value is 0.360. The van der Waals surface area contributed by atoms with Gasteiger partial charge >= 0.3 is 0 Å². The molecule has 1 unspecified atom stereocenters. The second-order valence-corrected chi connectivity index (χ2v) is 5.16. The van der Waals surface area contributed by atoms with Crippen LogP contribution < -0.4 is 0 Å². The van der Waals surface area contributed by atoms with E-state index in [1.165, 1.54) is 0 Å². The van der Waals surface area contributed by atoms with Gasteiger partial charge in [0.2, 0.25) is 0 Å². The molecule has 3 nitrogen and oxygen atoms in total. The molecule has 0 amide bonds. The molecule has 0 spiro atoms. The summed E-state index contributed by atoms with van der Waals surface area (Å²) in [5.41, 5.74) is 0.238. The molecule has 0 aromatic carbocycles. The van der Waals surface area contributed by atoms with Crippen LogP contribution in [0.5, 0.6) is 0 Å². The van der Waals surface area contributed by atoms with E-state index in [1.54, 1.807) is 7.11 Å². The minimum atomic E-state index is -0.392. The lowest BCUT2D eigenvalue weighted by atomic mass is 9.96. The third kappa shape index (κ3) is 6.76. The molecule has 0 aromatic heterocycles. The lowest BCUT2D eigenvalue weighted by Gasteiger charge is -2.29. The van der Waals surface area contributed by atoms with E-state index >= 15 is 0 Å². The average Bonchev–Trinajstić information content (AvgIpc) is 2.03. The maximum absolute atomic E-state index is 9.51. The number of alkyl halides is 1. The topological polar surface area (TPSA) is 32.7 Å². The zero-order valence-electron chi connectivity index (χ0n) is 9.59. The number of ether oxygens (including phenoxy) is 1. The predicted molar refractivity (Wildman–Crippen MR) is 63.0 cm³/mol. The average molecular weight is 268 g/mol. The number of halogens is 1. The van der Waals surface area contributed by atoms with Crippen molar-refractivity contribution in [2.75, 3.05) is 39.2 Å². The number of aliphatic hydroxyl groups is 1. The summed E-state index contributed by atoms with van der Waals surface area (Å²) in [4.78, 5) is 2.13. The first-order valence-electron chi connectivity index (χ1n) is 4.83. The van der Waals surface area contributed by atoms with Crippen LogP contribution in [-0.4, -0.2) is 55.3 Å². The molecular weight excluding hydrogens is 246 g/mol. The van der Waals surface area contributed by atoms with Crippen molar-refractivity contribution in [1.82, 2.24) is 4.90 Å². The summed E-state index contributed by atoms with van der Waals surface area (Å²) in [6, 6.07) is 0. The van der Waals surface area contributed by atoms with Gasteiger partial charge in [-0.1, -0.05) is 29.8 Å². The molecule has 1 atom stereocenters. The minimum Gasteiger partial charge on any atom is -0.389 e. The molecule has 14 heavy (non-hydrogen) atoms. The van der Waals surface area contributed by atoms with Gasteiger partial charge in [0.15, 0.2) is 0 Å². The highest BCUT2D eigenvalue weighted by Crippen LogP contribution is 2.19. The molecule has 0 rings (SSSR count). The van der Waals surface area contributed by atoms with Crippen LogP contribution in [0.15, 0.2) is 0 Å². The Balaban J connectivity index is 3.79. The highest BCUT2D eigenvalue weighted by atomic mass is 79.9. The number of methoxy groups -OCH3 is 1. The summed E-state index contributed by atoms with van der Waals surface area (Å²) in [6.45, 7) is 6.41. The van der Waals surface area contributed by atoms with E-state index in [4.69, 9.17) is 4.74 Å². The lowest BCUT2D eigenvalue weighted by Crippen LogP contribution is -2.38. The van der Waals surface area contributed by atoms with Gasteiger partial charge in [0.25, 0.3) is 0 Å². The predicted octanol–water partition coefficient (Wildman–Crippen LogP) is 1.35. The molecule has 0 aliphatic carbocycles. The van der Waals surface area contributed by atoms with E-state index in [9.17, 15) is 5.11 Å². The van der Waals surface area contributed by atoms with Gasteiger partial charge in [-0.05, 0) is 12.5 Å². The van der Waals surface area contributed by atoms with Crippen molar-refractivity contribution in [3.05, 3.63) is 0 Å². The van der Waals surface area contributed by atoms with E-state index in [-0.39, 0.29) is 5.41 Å². The maximum Gasteiger partial charge on any atom is 0.0899 e. The number of nitrogens with zero attached hydrogens (tertiary/aromatic N) is 1. The van der Waals surface area contributed by atoms with E-state index in [0.29, 0.717) is 13.2 Å². The van der Waals surface area contributed by atoms with E-state index in [0.717, 1.165) is 11.9 Å². The third-order valence-corrected chi connectivity index (χ3v) is 3.46. The van der Waals surface area contributed by atoms with Crippen molar-refractivity contribution in [2.24, 2.45) is 5.41 Å². The first kappa shape index (κ1) is 14.4. The number of likely N-dealkylation sites (N-methyl/N-ethyl adjacent to an activating group) is 1. The van der Waals surface area contributed by atoms with Gasteiger partial charge in [-0.3, -0.25) is 0 Å². The van der Waals surface area contributed by atoms with Crippen LogP contribution in [0.1, 0.15) is 13.8 Å². The number of hydrogen-bond donors (Lipinski definition) is 1. The first-order chi connectivity index (χ1) is 6.41. The fourth-order valence-electron chi connectivity index (χ4n) is 1.44. The van der Waals surface area contributed by atoms with Gasteiger partial charge in [0.1, 0.15) is 0 Å². The second-order valence-electron chi connectivity index (χ2n) is 4.60. The molecule has 0 radical (unpaired) electrons. The molecule has 1 N–H and O–H groups in total. The van der Waals surface area contributed by atoms with Crippen LogP contribution in [0.4, 0.5) is 0 Å². The molecule has 0 bridgehead atoms. The molecule has 0 saturated carbocycles. The van der Waals surface area contributed by atoms with Crippen molar-refractivity contribution < 1.29 is 9.84 Å². The van der Waals surface area contributed by atoms with Crippen LogP contribution in [-0.2, 0) is 4.74 Å². The molecule has 86 valence electrons. The van der Waals surface area contributed by atoms with Gasteiger partial charge in [0, 0.05) is 25.5 Å². The zero-order chi connectivity index (χ0) is 11.2. The summed E-state index contributed by atoms with van der Waals surface area (Å²) in [6.07, 6.45) is -0.392. The van der Waals surface area contributed by atoms with Gasteiger partial charge in [-0.25, -0.2) is 0 Å². The van der Waals surface area contributed by atoms with Crippen LogP contribution in [0.3, 0.4) is 0 Å². The Morgan fingerprint density at radius 2 is 2.07 bits per heavy atom. The Kier molecular flexibility index (Phi) is 6.95. The van der Waals surface area contributed by atoms with E-state index in [2.05, 4.69) is 34.7 Å². The van der Waals surface area contributed by atoms with Crippen molar-refractivity contribution in [3.63, 3.8) is 0 Å². The third-order valence-electron chi connectivity index (χ3n) is 1.94. The number of rotatable bonds is 7. The Labute approximate surface area is 95.6 Å². The standard InChI is InChI=1S/C10H22BrNO2/c1-10(2,7-11)8-12(3)5-9(13)6-14-4/h9,13H,5-8H2,1-4H3. The quantitative estimate of drug-likeness (QED) is 0.707. The Morgan fingerprint density at radius 1 is 1.50 bits per heavy atom. The highest BCUT2D eigenvalue weighted by Gasteiger charge is 2.19. The fraction of sp³-hybridized carbons (Fsp3) is 1.00. The molecule has 0 aromatic rings. The van der Waals surface area contributed by atoms with Crippen molar-refractivity contribution in [1.29, 1.82) is 0 Å². The molecule has 0 heterocycles. The highest BCUT2D eigenvalue weighted by molar-refractivity contribution is 9.09. The summed E-state index contributed by atoms with van der Waals surface area (Å²) < 4.78 is 4.88. The molecule has 0 saturated heterocycles. The van der Waals surface area contributed by atoms with Crippen LogP contribution >= 0.6 is 15.9 Å².